The van der Waals surface area contributed by atoms with Gasteiger partial charge in [0.25, 0.3) is 5.69 Å². The number of non-ortho nitro benzene ring substituents is 1. The van der Waals surface area contributed by atoms with Gasteiger partial charge in [-0.2, -0.15) is 0 Å². The van der Waals surface area contributed by atoms with Gasteiger partial charge in [-0.1, -0.05) is 12.1 Å². The summed E-state index contributed by atoms with van der Waals surface area (Å²) in [5, 5.41) is 14.3. The highest BCUT2D eigenvalue weighted by Crippen LogP contribution is 2.41. The fraction of sp³-hybridized carbons (Fsp3) is 0.474. The fourth-order valence-corrected chi connectivity index (χ4v) is 3.48. The van der Waals surface area contributed by atoms with Crippen LogP contribution in [-0.4, -0.2) is 36.1 Å². The smallest absolute Gasteiger partial charge is 0.336 e. The van der Waals surface area contributed by atoms with E-state index >= 15 is 0 Å². The molecular formula is C19H24N2O6. The average molecular weight is 376 g/mol. The third-order valence-corrected chi connectivity index (χ3v) is 4.55. The monoisotopic (exact) mass is 376 g/mol. The van der Waals surface area contributed by atoms with Gasteiger partial charge in [-0.15, -0.1) is 0 Å². The van der Waals surface area contributed by atoms with Crippen LogP contribution in [0.2, 0.25) is 0 Å². The number of nitro benzene ring substituents is 1. The molecule has 0 aliphatic carbocycles. The Balaban J connectivity index is 2.64. The minimum Gasteiger partial charge on any atom is -0.466 e. The third-order valence-electron chi connectivity index (χ3n) is 4.55. The number of nitro groups is 1. The highest BCUT2D eigenvalue weighted by Gasteiger charge is 2.44. The summed E-state index contributed by atoms with van der Waals surface area (Å²) in [7, 11) is 0. The summed E-state index contributed by atoms with van der Waals surface area (Å²) < 4.78 is 10.4. The van der Waals surface area contributed by atoms with E-state index in [1.165, 1.54) is 12.1 Å². The van der Waals surface area contributed by atoms with Crippen LogP contribution in [0.5, 0.6) is 0 Å². The van der Waals surface area contributed by atoms with Gasteiger partial charge in [0.15, 0.2) is 0 Å². The predicted molar refractivity (Wildman–Crippen MR) is 97.9 cm³/mol. The van der Waals surface area contributed by atoms with Gasteiger partial charge in [0.05, 0.1) is 29.6 Å². The van der Waals surface area contributed by atoms with Gasteiger partial charge >= 0.3 is 11.9 Å². The molecule has 8 heteroatoms. The molecule has 146 valence electrons. The number of carbonyl (C=O) groups excluding carboxylic acids is 2. The zero-order valence-electron chi connectivity index (χ0n) is 15.9. The standard InChI is InChI=1S/C19H24N2O6/c1-5-26-18(22)15-11(3)20-12(4)16(19(23)27-6-2)17(15)13-8-7-9-14(10-13)21(24)25/h7-11,15,17,20H,5-6H2,1-4H3. The summed E-state index contributed by atoms with van der Waals surface area (Å²) >= 11 is 0. The van der Waals surface area contributed by atoms with Crippen LogP contribution in [0, 0.1) is 16.0 Å². The van der Waals surface area contributed by atoms with Crippen molar-refractivity contribution in [2.24, 2.45) is 5.92 Å². The highest BCUT2D eigenvalue weighted by molar-refractivity contribution is 5.93. The van der Waals surface area contributed by atoms with Crippen LogP contribution in [-0.2, 0) is 19.1 Å². The highest BCUT2D eigenvalue weighted by atomic mass is 16.6. The first kappa shape index (κ1) is 20.4. The molecule has 1 aromatic rings. The minimum atomic E-state index is -0.727. The molecule has 1 N–H and O–H groups in total. The van der Waals surface area contributed by atoms with Crippen molar-refractivity contribution in [1.29, 1.82) is 0 Å². The van der Waals surface area contributed by atoms with Gasteiger partial charge in [0, 0.05) is 29.8 Å². The second kappa shape index (κ2) is 8.66. The van der Waals surface area contributed by atoms with Crippen molar-refractivity contribution in [2.75, 3.05) is 13.2 Å². The summed E-state index contributed by atoms with van der Waals surface area (Å²) in [6.45, 7) is 7.32. The Hall–Kier alpha value is -2.90. The second-order valence-electron chi connectivity index (χ2n) is 6.30. The Morgan fingerprint density at radius 3 is 2.48 bits per heavy atom. The van der Waals surface area contributed by atoms with Crippen LogP contribution in [0.4, 0.5) is 5.69 Å². The van der Waals surface area contributed by atoms with E-state index in [0.717, 1.165) is 0 Å². The first-order valence-corrected chi connectivity index (χ1v) is 8.87. The molecule has 0 radical (unpaired) electrons. The molecule has 27 heavy (non-hydrogen) atoms. The lowest BCUT2D eigenvalue weighted by atomic mass is 9.73. The van der Waals surface area contributed by atoms with Crippen molar-refractivity contribution in [3.63, 3.8) is 0 Å². The van der Waals surface area contributed by atoms with Crippen LogP contribution < -0.4 is 5.32 Å². The van der Waals surface area contributed by atoms with E-state index in [9.17, 15) is 19.7 Å². The number of rotatable bonds is 6. The van der Waals surface area contributed by atoms with Gasteiger partial charge in [-0.05, 0) is 33.3 Å². The molecule has 0 saturated carbocycles. The van der Waals surface area contributed by atoms with Crippen LogP contribution in [0.1, 0.15) is 39.2 Å². The summed E-state index contributed by atoms with van der Waals surface area (Å²) in [6, 6.07) is 5.65. The maximum atomic E-state index is 12.7. The molecule has 0 fully saturated rings. The Morgan fingerprint density at radius 1 is 1.22 bits per heavy atom. The van der Waals surface area contributed by atoms with Crippen LogP contribution in [0.25, 0.3) is 0 Å². The Morgan fingerprint density at radius 2 is 1.89 bits per heavy atom. The normalized spacial score (nSPS) is 22.0. The largest absolute Gasteiger partial charge is 0.466 e. The van der Waals surface area contributed by atoms with E-state index in [-0.39, 0.29) is 30.5 Å². The molecule has 0 spiro atoms. The van der Waals surface area contributed by atoms with Crippen LogP contribution in [0.3, 0.4) is 0 Å². The van der Waals surface area contributed by atoms with Crippen LogP contribution in [0.15, 0.2) is 35.5 Å². The molecule has 1 aliphatic rings. The number of allylic oxidation sites excluding steroid dienone is 1. The molecule has 1 aliphatic heterocycles. The van der Waals surface area contributed by atoms with E-state index < -0.39 is 28.7 Å². The van der Waals surface area contributed by atoms with E-state index in [0.29, 0.717) is 11.3 Å². The summed E-state index contributed by atoms with van der Waals surface area (Å²) in [5.41, 5.74) is 1.26. The molecule has 0 aromatic heterocycles. The molecular weight excluding hydrogens is 352 g/mol. The number of nitrogens with one attached hydrogen (secondary N) is 1. The first-order chi connectivity index (χ1) is 12.8. The van der Waals surface area contributed by atoms with Crippen LogP contribution >= 0.6 is 0 Å². The molecule has 1 aromatic carbocycles. The quantitative estimate of drug-likeness (QED) is 0.462. The second-order valence-corrected chi connectivity index (χ2v) is 6.30. The predicted octanol–water partition coefficient (Wildman–Crippen LogP) is 2.69. The van der Waals surface area contributed by atoms with Crippen molar-refractivity contribution < 1.29 is 24.0 Å². The van der Waals surface area contributed by atoms with E-state index in [2.05, 4.69) is 5.32 Å². The maximum Gasteiger partial charge on any atom is 0.336 e. The van der Waals surface area contributed by atoms with Crippen molar-refractivity contribution >= 4 is 17.6 Å². The van der Waals surface area contributed by atoms with Gasteiger partial charge in [0.1, 0.15) is 0 Å². The topological polar surface area (TPSA) is 108 Å². The molecule has 3 unspecified atom stereocenters. The molecule has 0 amide bonds. The molecule has 1 heterocycles. The number of benzene rings is 1. The third kappa shape index (κ3) is 4.27. The van der Waals surface area contributed by atoms with Crippen molar-refractivity contribution in [1.82, 2.24) is 5.32 Å². The van der Waals surface area contributed by atoms with Gasteiger partial charge in [-0.25, -0.2) is 4.79 Å². The molecule has 2 rings (SSSR count). The maximum absolute atomic E-state index is 12.7. The first-order valence-electron chi connectivity index (χ1n) is 8.87. The number of ether oxygens (including phenoxy) is 2. The fourth-order valence-electron chi connectivity index (χ4n) is 3.48. The molecule has 8 nitrogen and oxygen atoms in total. The van der Waals surface area contributed by atoms with Gasteiger partial charge < -0.3 is 14.8 Å². The number of esters is 2. The number of hydrogen-bond acceptors (Lipinski definition) is 7. The zero-order valence-corrected chi connectivity index (χ0v) is 15.9. The average Bonchev–Trinajstić information content (AvgIpc) is 2.61. The lowest BCUT2D eigenvalue weighted by Gasteiger charge is -2.38. The summed E-state index contributed by atoms with van der Waals surface area (Å²) in [6.07, 6.45) is 0. The lowest BCUT2D eigenvalue weighted by Crippen LogP contribution is -2.47. The van der Waals surface area contributed by atoms with E-state index in [1.54, 1.807) is 32.9 Å². The van der Waals surface area contributed by atoms with E-state index in [1.807, 2.05) is 6.92 Å². The van der Waals surface area contributed by atoms with Crippen molar-refractivity contribution in [2.45, 2.75) is 39.7 Å². The number of carbonyl (C=O) groups is 2. The minimum absolute atomic E-state index is 0.109. The number of hydrogen-bond donors (Lipinski definition) is 1. The summed E-state index contributed by atoms with van der Waals surface area (Å²) in [4.78, 5) is 36.0. The van der Waals surface area contributed by atoms with Gasteiger partial charge in [-0.3, -0.25) is 14.9 Å². The Kier molecular flexibility index (Phi) is 6.55. The lowest BCUT2D eigenvalue weighted by molar-refractivity contribution is -0.384. The van der Waals surface area contributed by atoms with E-state index in [4.69, 9.17) is 9.47 Å². The SMILES string of the molecule is CCOC(=O)C1=C(C)NC(C)C(C(=O)OCC)C1c1cccc([N+](=O)[O-])c1. The zero-order chi connectivity index (χ0) is 20.1. The molecule has 3 atom stereocenters. The Labute approximate surface area is 157 Å². The molecule has 0 saturated heterocycles. The Bertz CT molecular complexity index is 773. The number of nitrogens with zero attached hydrogens (tertiary/aromatic N) is 1. The van der Waals surface area contributed by atoms with Crippen molar-refractivity contribution in [3.05, 3.63) is 51.2 Å². The summed E-state index contributed by atoms with van der Waals surface area (Å²) in [5.74, 6) is -2.46. The van der Waals surface area contributed by atoms with Crippen molar-refractivity contribution in [3.8, 4) is 0 Å². The molecule has 0 bridgehead atoms. The van der Waals surface area contributed by atoms with Gasteiger partial charge in [0.2, 0.25) is 0 Å².